The molecule has 2 atom stereocenters. The van der Waals surface area contributed by atoms with E-state index in [1.54, 1.807) is 11.3 Å². The Balaban J connectivity index is 1.77. The van der Waals surface area contributed by atoms with Gasteiger partial charge in [-0.25, -0.2) is 0 Å². The standard InChI is InChI=1S/C9H12N2S/c1-2-6(1)7-3-11-9(7)8-4-10-5-12-8/h4-7,9,11H,1-3H2. The molecule has 2 heterocycles. The fraction of sp³-hybridized carbons (Fsp3) is 0.667. The fourth-order valence-corrected chi connectivity index (χ4v) is 2.80. The normalized spacial score (nSPS) is 34.7. The molecule has 1 N–H and O–H groups in total. The molecule has 2 nitrogen and oxygen atoms in total. The molecule has 0 spiro atoms. The molecule has 1 saturated heterocycles. The summed E-state index contributed by atoms with van der Waals surface area (Å²) >= 11 is 1.78. The lowest BCUT2D eigenvalue weighted by Crippen LogP contribution is -2.46. The molecule has 1 aromatic heterocycles. The van der Waals surface area contributed by atoms with Crippen LogP contribution in [-0.2, 0) is 0 Å². The van der Waals surface area contributed by atoms with Crippen molar-refractivity contribution < 1.29 is 0 Å². The number of rotatable bonds is 2. The highest BCUT2D eigenvalue weighted by molar-refractivity contribution is 7.09. The van der Waals surface area contributed by atoms with Crippen molar-refractivity contribution in [3.63, 3.8) is 0 Å². The van der Waals surface area contributed by atoms with Gasteiger partial charge in [-0.1, -0.05) is 0 Å². The van der Waals surface area contributed by atoms with Crippen molar-refractivity contribution >= 4 is 11.3 Å². The van der Waals surface area contributed by atoms with Gasteiger partial charge in [0.2, 0.25) is 0 Å². The van der Waals surface area contributed by atoms with Gasteiger partial charge in [0.1, 0.15) is 0 Å². The zero-order valence-corrected chi connectivity index (χ0v) is 7.68. The lowest BCUT2D eigenvalue weighted by Gasteiger charge is -2.37. The second-order valence-corrected chi connectivity index (χ2v) is 4.71. The van der Waals surface area contributed by atoms with Gasteiger partial charge in [0.15, 0.2) is 0 Å². The van der Waals surface area contributed by atoms with E-state index >= 15 is 0 Å². The Kier molecular flexibility index (Phi) is 1.49. The van der Waals surface area contributed by atoms with Crippen molar-refractivity contribution in [1.29, 1.82) is 0 Å². The van der Waals surface area contributed by atoms with Crippen molar-refractivity contribution in [3.05, 3.63) is 16.6 Å². The van der Waals surface area contributed by atoms with Crippen LogP contribution in [0, 0.1) is 11.8 Å². The first-order valence-corrected chi connectivity index (χ1v) is 5.45. The van der Waals surface area contributed by atoms with Crippen LogP contribution in [0.5, 0.6) is 0 Å². The van der Waals surface area contributed by atoms with E-state index in [-0.39, 0.29) is 0 Å². The highest BCUT2D eigenvalue weighted by Crippen LogP contribution is 2.47. The number of hydrogen-bond donors (Lipinski definition) is 1. The second-order valence-electron chi connectivity index (χ2n) is 3.79. The van der Waals surface area contributed by atoms with Crippen LogP contribution in [0.15, 0.2) is 11.7 Å². The van der Waals surface area contributed by atoms with E-state index in [0.29, 0.717) is 6.04 Å². The van der Waals surface area contributed by atoms with Crippen molar-refractivity contribution in [3.8, 4) is 0 Å². The molecule has 64 valence electrons. The van der Waals surface area contributed by atoms with E-state index in [1.165, 1.54) is 24.3 Å². The van der Waals surface area contributed by atoms with Crippen LogP contribution in [0.2, 0.25) is 0 Å². The number of nitrogens with zero attached hydrogens (tertiary/aromatic N) is 1. The van der Waals surface area contributed by atoms with Crippen LogP contribution >= 0.6 is 11.3 Å². The molecule has 0 aromatic carbocycles. The molecule has 12 heavy (non-hydrogen) atoms. The average Bonchev–Trinajstić information content (AvgIpc) is 2.65. The molecule has 1 aliphatic heterocycles. The second kappa shape index (κ2) is 2.54. The zero-order chi connectivity index (χ0) is 7.97. The molecule has 1 aromatic rings. The predicted octanol–water partition coefficient (Wildman–Crippen LogP) is 1.81. The van der Waals surface area contributed by atoms with Gasteiger partial charge in [-0.05, 0) is 24.7 Å². The highest BCUT2D eigenvalue weighted by atomic mass is 32.1. The highest BCUT2D eigenvalue weighted by Gasteiger charge is 2.42. The minimum Gasteiger partial charge on any atom is -0.309 e. The Morgan fingerprint density at radius 2 is 2.42 bits per heavy atom. The van der Waals surface area contributed by atoms with Gasteiger partial charge in [0.05, 0.1) is 5.51 Å². The Hall–Kier alpha value is -0.410. The molecule has 2 unspecified atom stereocenters. The van der Waals surface area contributed by atoms with Crippen LogP contribution in [0.4, 0.5) is 0 Å². The summed E-state index contributed by atoms with van der Waals surface area (Å²) in [7, 11) is 0. The molecule has 1 aliphatic carbocycles. The van der Waals surface area contributed by atoms with Gasteiger partial charge in [-0.3, -0.25) is 4.98 Å². The van der Waals surface area contributed by atoms with E-state index < -0.39 is 0 Å². The van der Waals surface area contributed by atoms with Crippen molar-refractivity contribution in [1.82, 2.24) is 10.3 Å². The Bertz CT molecular complexity index is 266. The van der Waals surface area contributed by atoms with E-state index in [4.69, 9.17) is 0 Å². The first kappa shape index (κ1) is 7.04. The largest absolute Gasteiger partial charge is 0.309 e. The van der Waals surface area contributed by atoms with Gasteiger partial charge in [-0.15, -0.1) is 11.3 Å². The molecule has 3 rings (SSSR count). The van der Waals surface area contributed by atoms with E-state index in [9.17, 15) is 0 Å². The lowest BCUT2D eigenvalue weighted by atomic mass is 9.86. The molecule has 2 aliphatic rings. The Morgan fingerprint density at radius 3 is 2.92 bits per heavy atom. The van der Waals surface area contributed by atoms with Crippen LogP contribution < -0.4 is 5.32 Å². The minimum atomic E-state index is 0.644. The summed E-state index contributed by atoms with van der Waals surface area (Å²) in [6, 6.07) is 0.644. The van der Waals surface area contributed by atoms with E-state index in [1.807, 2.05) is 11.7 Å². The maximum atomic E-state index is 4.12. The molecule has 1 saturated carbocycles. The van der Waals surface area contributed by atoms with E-state index in [0.717, 1.165) is 11.8 Å². The number of aromatic nitrogens is 1. The first-order chi connectivity index (χ1) is 5.95. The summed E-state index contributed by atoms with van der Waals surface area (Å²) in [4.78, 5) is 5.55. The van der Waals surface area contributed by atoms with Gasteiger partial charge in [0, 0.05) is 23.7 Å². The molecule has 3 heteroatoms. The summed E-state index contributed by atoms with van der Waals surface area (Å²) in [6.45, 7) is 1.23. The van der Waals surface area contributed by atoms with E-state index in [2.05, 4.69) is 10.3 Å². The quantitative estimate of drug-likeness (QED) is 0.751. The molecular weight excluding hydrogens is 168 g/mol. The third-order valence-electron chi connectivity index (χ3n) is 2.99. The third-order valence-corrected chi connectivity index (χ3v) is 3.85. The summed E-state index contributed by atoms with van der Waals surface area (Å²) in [5, 5.41) is 3.49. The van der Waals surface area contributed by atoms with Crippen LogP contribution in [0.25, 0.3) is 0 Å². The van der Waals surface area contributed by atoms with Gasteiger partial charge < -0.3 is 5.32 Å². The number of hydrogen-bond acceptors (Lipinski definition) is 3. The van der Waals surface area contributed by atoms with Crippen LogP contribution in [0.1, 0.15) is 23.8 Å². The molecule has 2 fully saturated rings. The van der Waals surface area contributed by atoms with Crippen molar-refractivity contribution in [2.24, 2.45) is 11.8 Å². The van der Waals surface area contributed by atoms with Crippen LogP contribution in [0.3, 0.4) is 0 Å². The molecule has 0 amide bonds. The van der Waals surface area contributed by atoms with Crippen molar-refractivity contribution in [2.45, 2.75) is 18.9 Å². The third kappa shape index (κ3) is 1.00. The van der Waals surface area contributed by atoms with Crippen LogP contribution in [-0.4, -0.2) is 11.5 Å². The van der Waals surface area contributed by atoms with Gasteiger partial charge >= 0.3 is 0 Å². The first-order valence-electron chi connectivity index (χ1n) is 4.57. The number of nitrogens with one attached hydrogen (secondary N) is 1. The summed E-state index contributed by atoms with van der Waals surface area (Å²) < 4.78 is 0. The summed E-state index contributed by atoms with van der Waals surface area (Å²) in [6.07, 6.45) is 4.93. The minimum absolute atomic E-state index is 0.644. The number of thiazole rings is 1. The lowest BCUT2D eigenvalue weighted by molar-refractivity contribution is 0.209. The van der Waals surface area contributed by atoms with Crippen molar-refractivity contribution in [2.75, 3.05) is 6.54 Å². The summed E-state index contributed by atoms with van der Waals surface area (Å²) in [5.41, 5.74) is 1.93. The Morgan fingerprint density at radius 1 is 1.50 bits per heavy atom. The maximum Gasteiger partial charge on any atom is 0.0794 e. The predicted molar refractivity (Wildman–Crippen MR) is 49.1 cm³/mol. The summed E-state index contributed by atoms with van der Waals surface area (Å²) in [5.74, 6) is 1.95. The zero-order valence-electron chi connectivity index (χ0n) is 6.86. The molecular formula is C9H12N2S. The topological polar surface area (TPSA) is 24.9 Å². The average molecular weight is 180 g/mol. The maximum absolute atomic E-state index is 4.12. The SMILES string of the molecule is c1ncc(C2NCC2C2CC2)s1. The van der Waals surface area contributed by atoms with Gasteiger partial charge in [-0.2, -0.15) is 0 Å². The van der Waals surface area contributed by atoms with Gasteiger partial charge in [0.25, 0.3) is 0 Å². The fourth-order valence-electron chi connectivity index (χ4n) is 2.03. The monoisotopic (exact) mass is 180 g/mol. The smallest absolute Gasteiger partial charge is 0.0794 e. The molecule has 0 bridgehead atoms. The molecule has 0 radical (unpaired) electrons. The Labute approximate surface area is 76.0 Å².